The first-order chi connectivity index (χ1) is 30.1. The topological polar surface area (TPSA) is 181 Å². The van der Waals surface area contributed by atoms with Crippen molar-refractivity contribution in [2.75, 3.05) is 60.2 Å². The van der Waals surface area contributed by atoms with E-state index in [2.05, 4.69) is 40.2 Å². The molecule has 330 valence electrons. The average Bonchev–Trinajstić information content (AvgIpc) is 3.79. The van der Waals surface area contributed by atoms with E-state index < -0.39 is 29.9 Å². The smallest absolute Gasteiger partial charge is 0.424 e. The maximum Gasteiger partial charge on any atom is 0.424 e. The van der Waals surface area contributed by atoms with E-state index in [1.54, 1.807) is 19.1 Å². The Balaban J connectivity index is 1.07. The number of fused-ring (bicyclic) bond motifs is 4. The van der Waals surface area contributed by atoms with E-state index in [0.29, 0.717) is 39.0 Å². The number of nitrogens with one attached hydrogen (secondary N) is 3. The van der Waals surface area contributed by atoms with Crippen LogP contribution in [-0.2, 0) is 46.5 Å². The van der Waals surface area contributed by atoms with Crippen LogP contribution in [0.3, 0.4) is 0 Å². The van der Waals surface area contributed by atoms with E-state index in [0.717, 1.165) is 58.1 Å². The zero-order valence-electron chi connectivity index (χ0n) is 35.8. The molecule has 0 bridgehead atoms. The molecule has 15 nitrogen and oxygen atoms in total. The monoisotopic (exact) mass is 850 g/mol. The number of para-hydroxylation sites is 1. The summed E-state index contributed by atoms with van der Waals surface area (Å²) in [6.07, 6.45) is 2.86. The number of hydrazine groups is 1. The van der Waals surface area contributed by atoms with E-state index in [4.69, 9.17) is 22.1 Å². The molecule has 1 aromatic heterocycles. The van der Waals surface area contributed by atoms with Gasteiger partial charge in [-0.15, -0.1) is 0 Å². The highest BCUT2D eigenvalue weighted by Gasteiger charge is 2.30. The van der Waals surface area contributed by atoms with Crippen molar-refractivity contribution in [2.45, 2.75) is 76.3 Å². The number of unbranched alkanes of at least 4 members (excludes halogenated alkanes) is 2. The van der Waals surface area contributed by atoms with Crippen molar-refractivity contribution in [1.82, 2.24) is 30.5 Å². The number of benzene rings is 3. The highest BCUT2D eigenvalue weighted by Crippen LogP contribution is 2.44. The number of aromatic nitrogens is 1. The number of hydrogen-bond donors (Lipinski definition) is 4. The van der Waals surface area contributed by atoms with E-state index in [-0.39, 0.29) is 64.0 Å². The number of rotatable bonds is 27. The number of carbonyl (C=O) groups is 5. The second kappa shape index (κ2) is 24.7. The molecule has 16 heteroatoms. The number of carbonyl (C=O) groups excluding carboxylic acids is 4. The second-order valence-corrected chi connectivity index (χ2v) is 15.3. The molecule has 1 heterocycles. The van der Waals surface area contributed by atoms with E-state index in [1.807, 2.05) is 59.2 Å². The molecule has 2 radical (unpaired) electrons. The molecule has 1 aliphatic carbocycles. The van der Waals surface area contributed by atoms with Crippen LogP contribution in [0.15, 0.2) is 78.9 Å². The highest BCUT2D eigenvalue weighted by molar-refractivity contribution is 6.08. The Hall–Kier alpha value is -5.71. The Kier molecular flexibility index (Phi) is 18.8. The maximum absolute atomic E-state index is 13.4. The summed E-state index contributed by atoms with van der Waals surface area (Å²) < 4.78 is 18.9. The number of carboxylic acid groups (broad SMARTS) is 1. The van der Waals surface area contributed by atoms with Crippen molar-refractivity contribution in [3.63, 3.8) is 0 Å². The lowest BCUT2D eigenvalue weighted by atomic mass is 9.98. The van der Waals surface area contributed by atoms with Crippen LogP contribution in [-0.4, -0.2) is 124 Å². The fourth-order valence-electron chi connectivity index (χ4n) is 7.50. The third-order valence-electron chi connectivity index (χ3n) is 10.9. The number of ether oxygens (including phenoxy) is 3. The molecule has 0 unspecified atom stereocenters. The molecule has 0 saturated heterocycles. The minimum Gasteiger partial charge on any atom is -0.481 e. The number of hydrogen-bond acceptors (Lipinski definition) is 9. The summed E-state index contributed by atoms with van der Waals surface area (Å²) >= 11 is 0. The largest absolute Gasteiger partial charge is 0.481 e. The minimum absolute atomic E-state index is 0.00996. The van der Waals surface area contributed by atoms with Gasteiger partial charge in [0.1, 0.15) is 12.6 Å². The van der Waals surface area contributed by atoms with Gasteiger partial charge in [0.05, 0.1) is 40.8 Å². The minimum atomic E-state index is -1.09. The molecule has 0 fully saturated rings. The van der Waals surface area contributed by atoms with Gasteiger partial charge in [0.15, 0.2) is 0 Å². The van der Waals surface area contributed by atoms with Gasteiger partial charge >= 0.3 is 12.1 Å². The van der Waals surface area contributed by atoms with Crippen molar-refractivity contribution >= 4 is 48.5 Å². The van der Waals surface area contributed by atoms with E-state index >= 15 is 0 Å². The molecule has 0 saturated carbocycles. The van der Waals surface area contributed by atoms with E-state index in [1.165, 1.54) is 5.01 Å². The quantitative estimate of drug-likeness (QED) is 0.0362. The van der Waals surface area contributed by atoms with Crippen LogP contribution in [0.25, 0.3) is 22.0 Å². The normalized spacial score (nSPS) is 12.4. The summed E-state index contributed by atoms with van der Waals surface area (Å²) in [5, 5.41) is 21.7. The van der Waals surface area contributed by atoms with Crippen molar-refractivity contribution in [3.05, 3.63) is 95.7 Å². The zero-order valence-corrected chi connectivity index (χ0v) is 35.8. The first kappa shape index (κ1) is 47.3. The molecule has 4 N–H and O–H groups in total. The predicted molar refractivity (Wildman–Crippen MR) is 236 cm³/mol. The molecule has 5 rings (SSSR count). The second-order valence-electron chi connectivity index (χ2n) is 15.3. The SMILES string of the molecule is [B]CCCCCC(=O)NCCOCCOCCNC(=O)[C@H](CCC(=O)O)NC(=O)CCn1c(CN(C)N(C)C(=O)OCC2c3ccccc3-c3ccccc32)cc2ccccc21. The summed E-state index contributed by atoms with van der Waals surface area (Å²) in [6.45, 7) is 2.44. The first-order valence-electron chi connectivity index (χ1n) is 21.3. The molecular weight excluding hydrogens is 791 g/mol. The summed E-state index contributed by atoms with van der Waals surface area (Å²) in [5.41, 5.74) is 6.30. The summed E-state index contributed by atoms with van der Waals surface area (Å²) in [4.78, 5) is 63.0. The molecule has 4 aromatic rings. The van der Waals surface area contributed by atoms with Gasteiger partial charge < -0.3 is 39.8 Å². The molecule has 62 heavy (non-hydrogen) atoms. The van der Waals surface area contributed by atoms with Gasteiger partial charge in [-0.1, -0.05) is 85.9 Å². The van der Waals surface area contributed by atoms with Gasteiger partial charge in [0, 0.05) is 70.1 Å². The van der Waals surface area contributed by atoms with Crippen LogP contribution < -0.4 is 16.0 Å². The Bertz CT molecular complexity index is 2070. The number of carboxylic acids is 1. The molecule has 1 atom stereocenters. The number of nitrogens with zero attached hydrogens (tertiary/aromatic N) is 3. The molecule has 0 aliphatic heterocycles. The summed E-state index contributed by atoms with van der Waals surface area (Å²) in [6, 6.07) is 25.1. The highest BCUT2D eigenvalue weighted by atomic mass is 16.6. The van der Waals surface area contributed by atoms with Crippen LogP contribution in [0.5, 0.6) is 0 Å². The van der Waals surface area contributed by atoms with Crippen molar-refractivity contribution in [1.29, 1.82) is 0 Å². The predicted octanol–water partition coefficient (Wildman–Crippen LogP) is 5.02. The lowest BCUT2D eigenvalue weighted by Crippen LogP contribution is -2.47. The molecule has 0 spiro atoms. The molecule has 4 amide bonds. The fraction of sp³-hybridized carbons (Fsp3) is 0.457. The number of amides is 4. The first-order valence-corrected chi connectivity index (χ1v) is 21.3. The van der Waals surface area contributed by atoms with Crippen LogP contribution in [0.4, 0.5) is 4.79 Å². The zero-order chi connectivity index (χ0) is 44.3. The van der Waals surface area contributed by atoms with Crippen molar-refractivity contribution < 1.29 is 43.3 Å². The van der Waals surface area contributed by atoms with Crippen LogP contribution >= 0.6 is 0 Å². The van der Waals surface area contributed by atoms with Gasteiger partial charge in [0.2, 0.25) is 17.7 Å². The van der Waals surface area contributed by atoms with Gasteiger partial charge in [-0.3, -0.25) is 19.2 Å². The number of aliphatic carboxylic acids is 1. The van der Waals surface area contributed by atoms with Crippen molar-refractivity contribution in [2.24, 2.45) is 0 Å². The molecule has 3 aromatic carbocycles. The maximum atomic E-state index is 13.4. The van der Waals surface area contributed by atoms with Crippen molar-refractivity contribution in [3.8, 4) is 11.1 Å². The Morgan fingerprint density at radius 1 is 0.774 bits per heavy atom. The average molecular weight is 851 g/mol. The third kappa shape index (κ3) is 13.9. The van der Waals surface area contributed by atoms with Crippen LogP contribution in [0.2, 0.25) is 6.32 Å². The number of aryl methyl sites for hydroxylation is 1. The molecule has 1 aliphatic rings. The van der Waals surface area contributed by atoms with Gasteiger partial charge in [-0.05, 0) is 52.6 Å². The lowest BCUT2D eigenvalue weighted by Gasteiger charge is -2.28. The standard InChI is InChI=1S/C46H59BN6O9/c1-51(52(2)46(59)62-32-39-37-15-8-6-13-35(37)36-14-7-9-16-38(36)39)31-34-30-33-12-5-10-17-41(33)53(34)25-21-43(55)50-40(19-20-44(56)57)45(58)49-24-27-61-29-28-60-26-23-48-42(54)18-4-3-11-22-47/h5-10,12-17,30,39-40H,3-4,11,18-29,31-32H2,1-2H3,(H,48,54)(H,49,58)(H,50,55)(H,56,57)/t40-/m0/s1. The van der Waals surface area contributed by atoms with Crippen LogP contribution in [0.1, 0.15) is 67.7 Å². The summed E-state index contributed by atoms with van der Waals surface area (Å²) in [5.74, 6) is -2.10. The molecular formula is C46H59BN6O9. The summed E-state index contributed by atoms with van der Waals surface area (Å²) in [7, 11) is 8.91. The van der Waals surface area contributed by atoms with Crippen LogP contribution in [0, 0.1) is 0 Å². The van der Waals surface area contributed by atoms with Gasteiger partial charge in [0.25, 0.3) is 0 Å². The third-order valence-corrected chi connectivity index (χ3v) is 10.9. The van der Waals surface area contributed by atoms with Gasteiger partial charge in [-0.25, -0.2) is 14.8 Å². The van der Waals surface area contributed by atoms with E-state index in [9.17, 15) is 29.1 Å². The lowest BCUT2D eigenvalue weighted by molar-refractivity contribution is -0.138. The Labute approximate surface area is 364 Å². The Morgan fingerprint density at radius 3 is 2.10 bits per heavy atom. The fourth-order valence-corrected chi connectivity index (χ4v) is 7.50. The Morgan fingerprint density at radius 2 is 1.42 bits per heavy atom. The van der Waals surface area contributed by atoms with Gasteiger partial charge in [-0.2, -0.15) is 0 Å².